The summed E-state index contributed by atoms with van der Waals surface area (Å²) in [4.78, 5) is 28.0. The van der Waals surface area contributed by atoms with Crippen LogP contribution in [0.3, 0.4) is 0 Å². The van der Waals surface area contributed by atoms with Gasteiger partial charge in [-0.05, 0) is 47.5 Å². The molecule has 0 spiro atoms. The number of amides is 2. The van der Waals surface area contributed by atoms with Gasteiger partial charge in [0.25, 0.3) is 11.8 Å². The zero-order chi connectivity index (χ0) is 20.4. The lowest BCUT2D eigenvalue weighted by atomic mass is 10.1. The Morgan fingerprint density at radius 1 is 0.862 bits per heavy atom. The number of thioether (sulfide) groups is 1. The van der Waals surface area contributed by atoms with Crippen LogP contribution in [0.15, 0.2) is 76.2 Å². The van der Waals surface area contributed by atoms with Crippen molar-refractivity contribution in [1.29, 1.82) is 0 Å². The molecule has 1 aliphatic heterocycles. The predicted octanol–water partition coefficient (Wildman–Crippen LogP) is 5.80. The molecule has 0 radical (unpaired) electrons. The van der Waals surface area contributed by atoms with Gasteiger partial charge in [-0.25, -0.2) is 0 Å². The zero-order valence-electron chi connectivity index (χ0n) is 15.1. The first-order chi connectivity index (χ1) is 14.0. The SMILES string of the molecule is O=C1C(SCc2ccco2)=C(c2ccc(Cl)cc2)C(=O)N1Cc1ccc(Cl)cc1. The van der Waals surface area contributed by atoms with Crippen LogP contribution < -0.4 is 0 Å². The Bertz CT molecular complexity index is 1070. The van der Waals surface area contributed by atoms with E-state index in [1.807, 2.05) is 6.07 Å². The molecule has 1 aliphatic rings. The molecule has 2 amide bonds. The summed E-state index contributed by atoms with van der Waals surface area (Å²) >= 11 is 13.2. The van der Waals surface area contributed by atoms with E-state index in [4.69, 9.17) is 27.6 Å². The summed E-state index contributed by atoms with van der Waals surface area (Å²) < 4.78 is 5.36. The van der Waals surface area contributed by atoms with Crippen molar-refractivity contribution in [2.45, 2.75) is 12.3 Å². The summed E-state index contributed by atoms with van der Waals surface area (Å²) in [6.07, 6.45) is 1.58. The van der Waals surface area contributed by atoms with Crippen LogP contribution in [0.2, 0.25) is 10.0 Å². The molecule has 3 aromatic rings. The average molecular weight is 444 g/mol. The van der Waals surface area contributed by atoms with Gasteiger partial charge in [0.15, 0.2) is 0 Å². The minimum atomic E-state index is -0.325. The van der Waals surface area contributed by atoms with Crippen LogP contribution in [0, 0.1) is 0 Å². The number of halogens is 2. The maximum atomic E-state index is 13.2. The lowest BCUT2D eigenvalue weighted by Crippen LogP contribution is -2.30. The average Bonchev–Trinajstić information content (AvgIpc) is 3.31. The number of hydrogen-bond donors (Lipinski definition) is 0. The number of furan rings is 1. The molecular weight excluding hydrogens is 429 g/mol. The molecule has 0 atom stereocenters. The van der Waals surface area contributed by atoms with Gasteiger partial charge in [0.05, 0.1) is 29.0 Å². The normalized spacial score (nSPS) is 14.2. The molecule has 0 unspecified atom stereocenters. The second-order valence-electron chi connectivity index (χ2n) is 6.40. The highest BCUT2D eigenvalue weighted by Crippen LogP contribution is 2.38. The smallest absolute Gasteiger partial charge is 0.268 e. The highest BCUT2D eigenvalue weighted by atomic mass is 35.5. The number of benzene rings is 2. The summed E-state index contributed by atoms with van der Waals surface area (Å²) in [6, 6.07) is 17.6. The lowest BCUT2D eigenvalue weighted by molar-refractivity contribution is -0.137. The van der Waals surface area contributed by atoms with Crippen LogP contribution in [-0.4, -0.2) is 16.7 Å². The van der Waals surface area contributed by atoms with Crippen molar-refractivity contribution in [1.82, 2.24) is 4.90 Å². The first kappa shape index (κ1) is 19.8. The van der Waals surface area contributed by atoms with Gasteiger partial charge < -0.3 is 4.42 Å². The Hall–Kier alpha value is -2.47. The van der Waals surface area contributed by atoms with Crippen molar-refractivity contribution in [3.63, 3.8) is 0 Å². The van der Waals surface area contributed by atoms with Crippen LogP contribution in [0.5, 0.6) is 0 Å². The van der Waals surface area contributed by atoms with E-state index >= 15 is 0 Å². The largest absolute Gasteiger partial charge is 0.468 e. The predicted molar refractivity (Wildman–Crippen MR) is 115 cm³/mol. The van der Waals surface area contributed by atoms with Gasteiger partial charge in [-0.15, -0.1) is 11.8 Å². The van der Waals surface area contributed by atoms with Crippen LogP contribution in [0.25, 0.3) is 5.57 Å². The van der Waals surface area contributed by atoms with Crippen LogP contribution >= 0.6 is 35.0 Å². The Balaban J connectivity index is 1.66. The standard InChI is InChI=1S/C22H15Cl2NO3S/c23-16-7-3-14(4-8-16)12-25-21(26)19(15-5-9-17(24)10-6-15)20(22(25)27)29-13-18-2-1-11-28-18/h1-11H,12-13H2. The number of carbonyl (C=O) groups is 2. The molecule has 146 valence electrons. The summed E-state index contributed by atoms with van der Waals surface area (Å²) in [7, 11) is 0. The lowest BCUT2D eigenvalue weighted by Gasteiger charge is -2.15. The van der Waals surface area contributed by atoms with E-state index in [0.717, 1.165) is 11.3 Å². The molecule has 2 heterocycles. The Kier molecular flexibility index (Phi) is 5.81. The molecule has 7 heteroatoms. The fourth-order valence-corrected chi connectivity index (χ4v) is 4.30. The Labute approximate surface area is 182 Å². The fraction of sp³-hybridized carbons (Fsp3) is 0.0909. The molecule has 0 saturated carbocycles. The van der Waals surface area contributed by atoms with Crippen molar-refractivity contribution >= 4 is 52.4 Å². The van der Waals surface area contributed by atoms with E-state index in [1.54, 1.807) is 60.9 Å². The molecule has 0 aliphatic carbocycles. The topological polar surface area (TPSA) is 50.5 Å². The molecule has 1 aromatic heterocycles. The second kappa shape index (κ2) is 8.49. The molecule has 2 aromatic carbocycles. The van der Waals surface area contributed by atoms with Crippen molar-refractivity contribution < 1.29 is 14.0 Å². The maximum absolute atomic E-state index is 13.2. The van der Waals surface area contributed by atoms with Gasteiger partial charge in [0.1, 0.15) is 5.76 Å². The second-order valence-corrected chi connectivity index (χ2v) is 8.26. The minimum Gasteiger partial charge on any atom is -0.468 e. The Morgan fingerprint density at radius 2 is 1.52 bits per heavy atom. The zero-order valence-corrected chi connectivity index (χ0v) is 17.4. The van der Waals surface area contributed by atoms with Crippen molar-refractivity contribution in [3.05, 3.63) is 98.8 Å². The number of imide groups is 1. The van der Waals surface area contributed by atoms with Crippen molar-refractivity contribution in [2.75, 3.05) is 0 Å². The van der Waals surface area contributed by atoms with Crippen molar-refractivity contribution in [3.8, 4) is 0 Å². The summed E-state index contributed by atoms with van der Waals surface area (Å²) in [5.74, 6) is 0.544. The summed E-state index contributed by atoms with van der Waals surface area (Å²) in [6.45, 7) is 0.177. The number of hydrogen-bond acceptors (Lipinski definition) is 4. The maximum Gasteiger partial charge on any atom is 0.268 e. The van der Waals surface area contributed by atoms with Crippen LogP contribution in [0.1, 0.15) is 16.9 Å². The van der Waals surface area contributed by atoms with E-state index in [-0.39, 0.29) is 18.4 Å². The van der Waals surface area contributed by atoms with Gasteiger partial charge in [-0.2, -0.15) is 0 Å². The molecule has 29 heavy (non-hydrogen) atoms. The summed E-state index contributed by atoms with van der Waals surface area (Å²) in [5, 5.41) is 1.16. The molecule has 4 rings (SSSR count). The van der Waals surface area contributed by atoms with E-state index in [1.165, 1.54) is 16.7 Å². The fourth-order valence-electron chi connectivity index (χ4n) is 3.01. The van der Waals surface area contributed by atoms with Crippen molar-refractivity contribution in [2.24, 2.45) is 0 Å². The molecular formula is C22H15Cl2NO3S. The third-order valence-electron chi connectivity index (χ3n) is 4.45. The van der Waals surface area contributed by atoms with Gasteiger partial charge in [-0.1, -0.05) is 47.5 Å². The van der Waals surface area contributed by atoms with Gasteiger partial charge in [-0.3, -0.25) is 14.5 Å². The van der Waals surface area contributed by atoms with Gasteiger partial charge in [0, 0.05) is 10.0 Å². The molecule has 0 saturated heterocycles. The van der Waals surface area contributed by atoms with E-state index in [0.29, 0.717) is 31.8 Å². The number of carbonyl (C=O) groups excluding carboxylic acids is 2. The molecule has 0 bridgehead atoms. The van der Waals surface area contributed by atoms with Crippen LogP contribution in [0.4, 0.5) is 0 Å². The van der Waals surface area contributed by atoms with E-state index in [9.17, 15) is 9.59 Å². The minimum absolute atomic E-state index is 0.177. The van der Waals surface area contributed by atoms with Gasteiger partial charge >= 0.3 is 0 Å². The molecule has 0 fully saturated rings. The van der Waals surface area contributed by atoms with Crippen LogP contribution in [-0.2, 0) is 21.9 Å². The number of rotatable bonds is 6. The highest BCUT2D eigenvalue weighted by molar-refractivity contribution is 8.03. The summed E-state index contributed by atoms with van der Waals surface area (Å²) in [5.41, 5.74) is 1.87. The molecule has 4 nitrogen and oxygen atoms in total. The Morgan fingerprint density at radius 3 is 2.14 bits per heavy atom. The third kappa shape index (κ3) is 4.27. The highest BCUT2D eigenvalue weighted by Gasteiger charge is 2.39. The van der Waals surface area contributed by atoms with Gasteiger partial charge in [0.2, 0.25) is 0 Å². The first-order valence-corrected chi connectivity index (χ1v) is 10.5. The first-order valence-electron chi connectivity index (χ1n) is 8.79. The quantitative estimate of drug-likeness (QED) is 0.451. The number of nitrogens with zero attached hydrogens (tertiary/aromatic N) is 1. The monoisotopic (exact) mass is 443 g/mol. The van der Waals surface area contributed by atoms with E-state index < -0.39 is 0 Å². The van der Waals surface area contributed by atoms with E-state index in [2.05, 4.69) is 0 Å². The molecule has 0 N–H and O–H groups in total. The third-order valence-corrected chi connectivity index (χ3v) is 6.05.